The van der Waals surface area contributed by atoms with Crippen molar-refractivity contribution < 1.29 is 4.79 Å². The van der Waals surface area contributed by atoms with E-state index in [0.717, 1.165) is 31.1 Å². The highest BCUT2D eigenvalue weighted by Crippen LogP contribution is 2.27. The second kappa shape index (κ2) is 7.54. The summed E-state index contributed by atoms with van der Waals surface area (Å²) >= 11 is 1.80. The molecule has 0 spiro atoms. The number of nitrogens with one attached hydrogen (secondary N) is 1. The first-order valence-corrected chi connectivity index (χ1v) is 7.48. The molecule has 5 nitrogen and oxygen atoms in total. The Bertz CT molecular complexity index is 450. The van der Waals surface area contributed by atoms with E-state index in [1.807, 2.05) is 22.8 Å². The van der Waals surface area contributed by atoms with E-state index in [0.29, 0.717) is 5.92 Å². The third kappa shape index (κ3) is 3.61. The number of rotatable bonds is 2. The molecule has 0 aliphatic carbocycles. The van der Waals surface area contributed by atoms with Crippen molar-refractivity contribution in [1.82, 2.24) is 20.0 Å². The summed E-state index contributed by atoms with van der Waals surface area (Å²) < 4.78 is 1.83. The molecule has 2 unspecified atom stereocenters. The van der Waals surface area contributed by atoms with Gasteiger partial charge in [-0.15, -0.1) is 36.6 Å². The summed E-state index contributed by atoms with van der Waals surface area (Å²) in [6.07, 6.45) is 5.03. The van der Waals surface area contributed by atoms with Crippen molar-refractivity contribution in [2.45, 2.75) is 18.4 Å². The van der Waals surface area contributed by atoms with Crippen LogP contribution in [0.1, 0.15) is 17.9 Å². The van der Waals surface area contributed by atoms with Gasteiger partial charge in [-0.25, -0.2) is 0 Å². The van der Waals surface area contributed by atoms with E-state index in [1.54, 1.807) is 11.8 Å². The molecule has 2 saturated heterocycles. The Kier molecular flexibility index (Phi) is 6.64. The Morgan fingerprint density at radius 2 is 2.30 bits per heavy atom. The van der Waals surface area contributed by atoms with Crippen LogP contribution >= 0.6 is 36.6 Å². The number of hydrogen-bond acceptors (Lipinski definition) is 4. The minimum absolute atomic E-state index is 0. The minimum Gasteiger partial charge on any atom is -0.341 e. The van der Waals surface area contributed by atoms with Crippen molar-refractivity contribution in [2.24, 2.45) is 7.05 Å². The van der Waals surface area contributed by atoms with E-state index in [9.17, 15) is 4.79 Å². The Morgan fingerprint density at radius 3 is 2.90 bits per heavy atom. The number of aryl methyl sites for hydroxylation is 1. The number of hydrogen-bond donors (Lipinski definition) is 1. The summed E-state index contributed by atoms with van der Waals surface area (Å²) in [6.45, 7) is 1.72. The van der Waals surface area contributed by atoms with Crippen molar-refractivity contribution in [2.75, 3.05) is 24.7 Å². The lowest BCUT2D eigenvalue weighted by atomic mass is 10.0. The SMILES string of the molecule is Cl.Cl.Cn1cc(C2CCN(C(=O)C3CSCN3)C2)cn1. The molecule has 0 aromatic carbocycles. The zero-order valence-corrected chi connectivity index (χ0v) is 13.8. The van der Waals surface area contributed by atoms with Gasteiger partial charge in [0, 0.05) is 43.9 Å². The maximum atomic E-state index is 12.3. The molecular formula is C12H20Cl2N4OS. The molecule has 2 aliphatic rings. The number of carbonyl (C=O) groups is 1. The molecule has 0 saturated carbocycles. The van der Waals surface area contributed by atoms with Crippen LogP contribution in [0.25, 0.3) is 0 Å². The summed E-state index contributed by atoms with van der Waals surface area (Å²) in [6, 6.07) is 0.0302. The lowest BCUT2D eigenvalue weighted by Gasteiger charge is -2.20. The number of thioether (sulfide) groups is 1. The zero-order valence-electron chi connectivity index (χ0n) is 11.3. The van der Waals surface area contributed by atoms with Crippen molar-refractivity contribution in [3.63, 3.8) is 0 Å². The normalized spacial score (nSPS) is 25.1. The van der Waals surface area contributed by atoms with Gasteiger partial charge in [0.05, 0.1) is 12.2 Å². The Labute approximate surface area is 135 Å². The van der Waals surface area contributed by atoms with Crippen LogP contribution in [0, 0.1) is 0 Å². The van der Waals surface area contributed by atoms with Crippen molar-refractivity contribution in [3.8, 4) is 0 Å². The second-order valence-corrected chi connectivity index (χ2v) is 6.02. The van der Waals surface area contributed by atoms with Gasteiger partial charge in [0.1, 0.15) is 0 Å². The molecule has 2 fully saturated rings. The van der Waals surface area contributed by atoms with Crippen molar-refractivity contribution >= 4 is 42.5 Å². The molecule has 20 heavy (non-hydrogen) atoms. The molecule has 1 N–H and O–H groups in total. The van der Waals surface area contributed by atoms with Crippen LogP contribution < -0.4 is 5.32 Å². The predicted octanol–water partition coefficient (Wildman–Crippen LogP) is 1.24. The second-order valence-electron chi connectivity index (χ2n) is 4.99. The molecule has 1 aromatic rings. The number of halogens is 2. The van der Waals surface area contributed by atoms with E-state index in [1.165, 1.54) is 5.56 Å². The van der Waals surface area contributed by atoms with E-state index >= 15 is 0 Å². The van der Waals surface area contributed by atoms with Crippen molar-refractivity contribution in [1.29, 1.82) is 0 Å². The number of nitrogens with zero attached hydrogens (tertiary/aromatic N) is 3. The average Bonchev–Trinajstić information content (AvgIpc) is 3.09. The van der Waals surface area contributed by atoms with E-state index < -0.39 is 0 Å². The van der Waals surface area contributed by atoms with E-state index in [4.69, 9.17) is 0 Å². The first-order chi connectivity index (χ1) is 8.74. The summed E-state index contributed by atoms with van der Waals surface area (Å²) in [5.41, 5.74) is 1.25. The Morgan fingerprint density at radius 1 is 1.50 bits per heavy atom. The standard InChI is InChI=1S/C12H18N4OS.2ClH/c1-15-5-10(4-14-15)9-2-3-16(6-9)12(17)11-7-18-8-13-11;;/h4-5,9,11,13H,2-3,6-8H2,1H3;2*1H. The van der Waals surface area contributed by atoms with Crippen LogP contribution in [0.5, 0.6) is 0 Å². The molecular weight excluding hydrogens is 319 g/mol. The molecule has 8 heteroatoms. The minimum atomic E-state index is 0. The maximum Gasteiger partial charge on any atom is 0.240 e. The van der Waals surface area contributed by atoms with Crippen LogP contribution in [0.4, 0.5) is 0 Å². The van der Waals surface area contributed by atoms with Crippen LogP contribution in [0.3, 0.4) is 0 Å². The molecule has 1 amide bonds. The lowest BCUT2D eigenvalue weighted by molar-refractivity contribution is -0.131. The van der Waals surface area contributed by atoms with E-state index in [2.05, 4.69) is 16.6 Å². The number of amides is 1. The summed E-state index contributed by atoms with van der Waals surface area (Å²) in [4.78, 5) is 14.3. The highest BCUT2D eigenvalue weighted by atomic mass is 35.5. The van der Waals surface area contributed by atoms with Gasteiger partial charge in [-0.05, 0) is 12.0 Å². The number of likely N-dealkylation sites (tertiary alicyclic amines) is 1. The fourth-order valence-electron chi connectivity index (χ4n) is 2.66. The molecule has 2 aliphatic heterocycles. The van der Waals surface area contributed by atoms with Crippen LogP contribution in [-0.4, -0.2) is 51.3 Å². The molecule has 2 atom stereocenters. The molecule has 1 aromatic heterocycles. The van der Waals surface area contributed by atoms with Crippen molar-refractivity contribution in [3.05, 3.63) is 18.0 Å². The maximum absolute atomic E-state index is 12.3. The smallest absolute Gasteiger partial charge is 0.240 e. The van der Waals surface area contributed by atoms with Crippen LogP contribution in [0.15, 0.2) is 12.4 Å². The Hall–Kier alpha value is -0.430. The van der Waals surface area contributed by atoms with Gasteiger partial charge in [0.15, 0.2) is 0 Å². The third-order valence-electron chi connectivity index (χ3n) is 3.71. The summed E-state index contributed by atoms with van der Waals surface area (Å²) in [5, 5.41) is 7.45. The molecule has 114 valence electrons. The number of carbonyl (C=O) groups excluding carboxylic acids is 1. The average molecular weight is 339 g/mol. The third-order valence-corrected chi connectivity index (χ3v) is 4.65. The van der Waals surface area contributed by atoms with Gasteiger partial charge in [0.25, 0.3) is 0 Å². The van der Waals surface area contributed by atoms with Gasteiger partial charge < -0.3 is 4.90 Å². The topological polar surface area (TPSA) is 50.2 Å². The molecule has 0 radical (unpaired) electrons. The van der Waals surface area contributed by atoms with Crippen LogP contribution in [0.2, 0.25) is 0 Å². The van der Waals surface area contributed by atoms with Gasteiger partial charge in [-0.3, -0.25) is 14.8 Å². The zero-order chi connectivity index (χ0) is 12.5. The monoisotopic (exact) mass is 338 g/mol. The predicted molar refractivity (Wildman–Crippen MR) is 85.9 cm³/mol. The molecule has 0 bridgehead atoms. The fraction of sp³-hybridized carbons (Fsp3) is 0.667. The quantitative estimate of drug-likeness (QED) is 0.881. The molecule has 3 heterocycles. The highest BCUT2D eigenvalue weighted by Gasteiger charge is 2.33. The first-order valence-electron chi connectivity index (χ1n) is 6.32. The Balaban J connectivity index is 0.000001000. The van der Waals surface area contributed by atoms with Gasteiger partial charge in [-0.1, -0.05) is 0 Å². The first kappa shape index (κ1) is 17.6. The largest absolute Gasteiger partial charge is 0.341 e. The molecule has 3 rings (SSSR count). The summed E-state index contributed by atoms with van der Waals surface area (Å²) in [7, 11) is 1.93. The summed E-state index contributed by atoms with van der Waals surface area (Å²) in [5.74, 6) is 2.53. The van der Waals surface area contributed by atoms with Gasteiger partial charge in [0.2, 0.25) is 5.91 Å². The van der Waals surface area contributed by atoms with Crippen LogP contribution in [-0.2, 0) is 11.8 Å². The van der Waals surface area contributed by atoms with Gasteiger partial charge >= 0.3 is 0 Å². The fourth-order valence-corrected chi connectivity index (χ4v) is 3.59. The number of aromatic nitrogens is 2. The lowest BCUT2D eigenvalue weighted by Crippen LogP contribution is -2.43. The van der Waals surface area contributed by atoms with E-state index in [-0.39, 0.29) is 36.8 Å². The highest BCUT2D eigenvalue weighted by molar-refractivity contribution is 7.99. The van der Waals surface area contributed by atoms with Gasteiger partial charge in [-0.2, -0.15) is 5.10 Å².